The first kappa shape index (κ1) is 11.4. The predicted molar refractivity (Wildman–Crippen MR) is 66.3 cm³/mol. The summed E-state index contributed by atoms with van der Waals surface area (Å²) in [5, 5.41) is 3.39. The molecule has 1 heterocycles. The van der Waals surface area contributed by atoms with Gasteiger partial charge in [0.2, 0.25) is 0 Å². The first-order chi connectivity index (χ1) is 7.39. The molecule has 1 aromatic rings. The van der Waals surface area contributed by atoms with Gasteiger partial charge in [0.25, 0.3) is 0 Å². The fraction of sp³-hybridized carbons (Fsp3) is 0.571. The van der Waals surface area contributed by atoms with Gasteiger partial charge in [-0.2, -0.15) is 0 Å². The monoisotopic (exact) mass is 221 g/mol. The topological polar surface area (TPSA) is 12.0 Å². The molecule has 1 nitrogen and oxygen atoms in total. The molecule has 0 spiro atoms. The van der Waals surface area contributed by atoms with Gasteiger partial charge in [-0.25, -0.2) is 4.39 Å². The van der Waals surface area contributed by atoms with Crippen LogP contribution in [0.1, 0.15) is 31.9 Å². The molecule has 0 radical (unpaired) electrons. The molecule has 1 N–H and O–H groups in total. The summed E-state index contributed by atoms with van der Waals surface area (Å²) in [5.41, 5.74) is 3.25. The van der Waals surface area contributed by atoms with Crippen molar-refractivity contribution < 1.29 is 4.39 Å². The third kappa shape index (κ3) is 1.93. The van der Waals surface area contributed by atoms with Gasteiger partial charge < -0.3 is 5.32 Å². The van der Waals surface area contributed by atoms with E-state index in [-0.39, 0.29) is 11.2 Å². The van der Waals surface area contributed by atoms with Crippen molar-refractivity contribution >= 4 is 5.69 Å². The first-order valence-corrected chi connectivity index (χ1v) is 5.91. The van der Waals surface area contributed by atoms with Gasteiger partial charge >= 0.3 is 0 Å². The zero-order chi connectivity index (χ0) is 11.9. The molecule has 1 aliphatic rings. The van der Waals surface area contributed by atoms with Crippen molar-refractivity contribution in [2.75, 3.05) is 11.9 Å². The Kier molecular flexibility index (Phi) is 2.69. The molecule has 1 aromatic carbocycles. The highest BCUT2D eigenvalue weighted by Gasteiger charge is 2.30. The van der Waals surface area contributed by atoms with Crippen molar-refractivity contribution in [1.82, 2.24) is 0 Å². The molecule has 0 saturated heterocycles. The van der Waals surface area contributed by atoms with Gasteiger partial charge in [0.15, 0.2) is 0 Å². The lowest BCUT2D eigenvalue weighted by Crippen LogP contribution is -2.34. The SMILES string of the molecule is Cc1ccc(F)c2c1NCC(C(C)(C)C)C2. The Morgan fingerprint density at radius 3 is 2.62 bits per heavy atom. The fourth-order valence-electron chi connectivity index (χ4n) is 2.34. The second kappa shape index (κ2) is 3.76. The van der Waals surface area contributed by atoms with E-state index in [9.17, 15) is 4.39 Å². The Bertz CT molecular complexity index is 404. The third-order valence-electron chi connectivity index (χ3n) is 3.66. The van der Waals surface area contributed by atoms with E-state index in [1.165, 1.54) is 0 Å². The quantitative estimate of drug-likeness (QED) is 0.703. The van der Waals surface area contributed by atoms with Gasteiger partial charge in [-0.05, 0) is 36.3 Å². The zero-order valence-corrected chi connectivity index (χ0v) is 10.5. The number of rotatable bonds is 0. The number of benzene rings is 1. The maximum Gasteiger partial charge on any atom is 0.128 e. The molecule has 0 saturated carbocycles. The van der Waals surface area contributed by atoms with Gasteiger partial charge in [-0.1, -0.05) is 26.8 Å². The van der Waals surface area contributed by atoms with Crippen LogP contribution in [0.15, 0.2) is 12.1 Å². The smallest absolute Gasteiger partial charge is 0.128 e. The minimum Gasteiger partial charge on any atom is -0.384 e. The molecular weight excluding hydrogens is 201 g/mol. The molecule has 1 aliphatic heterocycles. The molecule has 0 bridgehead atoms. The van der Waals surface area contributed by atoms with Crippen LogP contribution in [0.25, 0.3) is 0 Å². The van der Waals surface area contributed by atoms with Crippen LogP contribution in [0, 0.1) is 24.1 Å². The Morgan fingerprint density at radius 1 is 1.31 bits per heavy atom. The highest BCUT2D eigenvalue weighted by Crippen LogP contribution is 2.37. The normalized spacial score (nSPS) is 20.2. The van der Waals surface area contributed by atoms with Crippen molar-refractivity contribution in [1.29, 1.82) is 0 Å². The summed E-state index contributed by atoms with van der Waals surface area (Å²) < 4.78 is 13.8. The Labute approximate surface area is 97.1 Å². The standard InChI is InChI=1S/C14H20FN/c1-9-5-6-12(15)11-7-10(14(2,3)4)8-16-13(9)11/h5-6,10,16H,7-8H2,1-4H3. The van der Waals surface area contributed by atoms with Gasteiger partial charge in [0.05, 0.1) is 0 Å². The van der Waals surface area contributed by atoms with Crippen molar-refractivity contribution in [3.05, 3.63) is 29.1 Å². The molecule has 16 heavy (non-hydrogen) atoms. The third-order valence-corrected chi connectivity index (χ3v) is 3.66. The van der Waals surface area contributed by atoms with E-state index in [0.29, 0.717) is 5.92 Å². The lowest BCUT2D eigenvalue weighted by molar-refractivity contribution is 0.245. The summed E-state index contributed by atoms with van der Waals surface area (Å²) in [4.78, 5) is 0. The summed E-state index contributed by atoms with van der Waals surface area (Å²) in [6.45, 7) is 9.64. The maximum absolute atomic E-state index is 13.8. The Morgan fingerprint density at radius 2 is 2.00 bits per heavy atom. The fourth-order valence-corrected chi connectivity index (χ4v) is 2.34. The van der Waals surface area contributed by atoms with E-state index < -0.39 is 0 Å². The highest BCUT2D eigenvalue weighted by atomic mass is 19.1. The van der Waals surface area contributed by atoms with E-state index in [2.05, 4.69) is 26.1 Å². The number of hydrogen-bond acceptors (Lipinski definition) is 1. The molecule has 0 aromatic heterocycles. The van der Waals surface area contributed by atoms with Gasteiger partial charge in [0.1, 0.15) is 5.82 Å². The van der Waals surface area contributed by atoms with Crippen molar-refractivity contribution in [3.63, 3.8) is 0 Å². The van der Waals surface area contributed by atoms with Gasteiger partial charge in [0, 0.05) is 17.8 Å². The average Bonchev–Trinajstić information content (AvgIpc) is 2.22. The van der Waals surface area contributed by atoms with Gasteiger partial charge in [-0.3, -0.25) is 0 Å². The predicted octanol–water partition coefficient (Wildman–Crippen LogP) is 3.76. The van der Waals surface area contributed by atoms with Crippen LogP contribution < -0.4 is 5.32 Å². The second-order valence-corrected chi connectivity index (χ2v) is 5.87. The summed E-state index contributed by atoms with van der Waals surface area (Å²) in [6.07, 6.45) is 0.847. The first-order valence-electron chi connectivity index (χ1n) is 5.91. The van der Waals surface area contributed by atoms with Crippen molar-refractivity contribution in [3.8, 4) is 0 Å². The number of nitrogens with one attached hydrogen (secondary N) is 1. The summed E-state index contributed by atoms with van der Waals surface area (Å²) >= 11 is 0. The molecule has 0 aliphatic carbocycles. The minimum absolute atomic E-state index is 0.0675. The number of halogens is 1. The van der Waals surface area contributed by atoms with E-state index in [0.717, 1.165) is 29.8 Å². The molecule has 2 rings (SSSR count). The zero-order valence-electron chi connectivity index (χ0n) is 10.5. The van der Waals surface area contributed by atoms with Crippen LogP contribution in [0.3, 0.4) is 0 Å². The van der Waals surface area contributed by atoms with Crippen LogP contribution in [-0.2, 0) is 6.42 Å². The van der Waals surface area contributed by atoms with Crippen molar-refractivity contribution in [2.45, 2.75) is 34.1 Å². The number of fused-ring (bicyclic) bond motifs is 1. The van der Waals surface area contributed by atoms with Crippen LogP contribution in [-0.4, -0.2) is 6.54 Å². The number of aryl methyl sites for hydroxylation is 1. The van der Waals surface area contributed by atoms with E-state index in [1.54, 1.807) is 6.07 Å². The molecular formula is C14H20FN. The van der Waals surface area contributed by atoms with E-state index in [4.69, 9.17) is 0 Å². The molecule has 0 fully saturated rings. The average molecular weight is 221 g/mol. The summed E-state index contributed by atoms with van der Waals surface area (Å²) in [5.74, 6) is 0.429. The van der Waals surface area contributed by atoms with Crippen LogP contribution in [0.5, 0.6) is 0 Å². The second-order valence-electron chi connectivity index (χ2n) is 5.87. The number of hydrogen-bond donors (Lipinski definition) is 1. The largest absolute Gasteiger partial charge is 0.384 e. The van der Waals surface area contributed by atoms with E-state index >= 15 is 0 Å². The van der Waals surface area contributed by atoms with Crippen molar-refractivity contribution in [2.24, 2.45) is 11.3 Å². The lowest BCUT2D eigenvalue weighted by atomic mass is 9.75. The molecule has 0 amide bonds. The Hall–Kier alpha value is -1.05. The molecule has 1 unspecified atom stereocenters. The minimum atomic E-state index is -0.0675. The lowest BCUT2D eigenvalue weighted by Gasteiger charge is -2.36. The van der Waals surface area contributed by atoms with Crippen LogP contribution in [0.2, 0.25) is 0 Å². The highest BCUT2D eigenvalue weighted by molar-refractivity contribution is 5.59. The summed E-state index contributed by atoms with van der Waals surface area (Å²) in [6, 6.07) is 3.43. The van der Waals surface area contributed by atoms with Crippen LogP contribution in [0.4, 0.5) is 10.1 Å². The molecule has 2 heteroatoms. The number of anilines is 1. The molecule has 88 valence electrons. The summed E-state index contributed by atoms with van der Waals surface area (Å²) in [7, 11) is 0. The Balaban J connectivity index is 2.37. The molecule has 1 atom stereocenters. The van der Waals surface area contributed by atoms with Crippen LogP contribution >= 0.6 is 0 Å². The van der Waals surface area contributed by atoms with Gasteiger partial charge in [-0.15, -0.1) is 0 Å². The van der Waals surface area contributed by atoms with E-state index in [1.807, 2.05) is 13.0 Å². The maximum atomic E-state index is 13.8.